The SMILES string of the molecule is O=C1CCSc2cc(OCc3ccc(C(F)(F)F)cc3C(F)(F)F)ccc21. The van der Waals surface area contributed by atoms with E-state index >= 15 is 0 Å². The Balaban J connectivity index is 1.85. The molecule has 0 unspecified atom stereocenters. The molecule has 1 aliphatic heterocycles. The molecule has 1 heterocycles. The molecule has 0 aromatic heterocycles. The first-order valence-electron chi connectivity index (χ1n) is 7.76. The van der Waals surface area contributed by atoms with Crippen molar-refractivity contribution in [1.82, 2.24) is 0 Å². The molecule has 0 radical (unpaired) electrons. The van der Waals surface area contributed by atoms with Gasteiger partial charge in [0.1, 0.15) is 12.4 Å². The number of rotatable bonds is 3. The zero-order valence-corrected chi connectivity index (χ0v) is 14.4. The van der Waals surface area contributed by atoms with E-state index in [4.69, 9.17) is 4.74 Å². The van der Waals surface area contributed by atoms with Crippen LogP contribution in [0.3, 0.4) is 0 Å². The third kappa shape index (κ3) is 4.40. The molecule has 2 aromatic rings. The summed E-state index contributed by atoms with van der Waals surface area (Å²) in [6.45, 7) is -0.551. The van der Waals surface area contributed by atoms with Crippen LogP contribution in [0.4, 0.5) is 26.3 Å². The molecule has 0 spiro atoms. The van der Waals surface area contributed by atoms with E-state index in [-0.39, 0.29) is 17.6 Å². The smallest absolute Gasteiger partial charge is 0.416 e. The Morgan fingerprint density at radius 2 is 1.70 bits per heavy atom. The zero-order chi connectivity index (χ0) is 19.8. The van der Waals surface area contributed by atoms with Crippen molar-refractivity contribution in [3.8, 4) is 5.75 Å². The minimum absolute atomic E-state index is 0.0163. The highest BCUT2D eigenvalue weighted by Gasteiger charge is 2.38. The number of benzene rings is 2. The summed E-state index contributed by atoms with van der Waals surface area (Å²) >= 11 is 1.43. The Labute approximate surface area is 154 Å². The first-order chi connectivity index (χ1) is 12.6. The van der Waals surface area contributed by atoms with Gasteiger partial charge in [-0.1, -0.05) is 6.07 Å². The number of ketones is 1. The minimum Gasteiger partial charge on any atom is -0.489 e. The van der Waals surface area contributed by atoms with Gasteiger partial charge in [0.15, 0.2) is 5.78 Å². The fraction of sp³-hybridized carbons (Fsp3) is 0.278. The van der Waals surface area contributed by atoms with Gasteiger partial charge in [-0.15, -0.1) is 11.8 Å². The lowest BCUT2D eigenvalue weighted by molar-refractivity contribution is -0.143. The zero-order valence-electron chi connectivity index (χ0n) is 13.6. The van der Waals surface area contributed by atoms with Gasteiger partial charge in [-0.25, -0.2) is 0 Å². The quantitative estimate of drug-likeness (QED) is 0.587. The van der Waals surface area contributed by atoms with Crippen molar-refractivity contribution < 1.29 is 35.9 Å². The highest BCUT2D eigenvalue weighted by molar-refractivity contribution is 7.99. The normalized spacial score (nSPS) is 14.8. The predicted molar refractivity (Wildman–Crippen MR) is 86.9 cm³/mol. The predicted octanol–water partition coefficient (Wildman–Crippen LogP) is 5.98. The summed E-state index contributed by atoms with van der Waals surface area (Å²) in [5, 5.41) is 0. The summed E-state index contributed by atoms with van der Waals surface area (Å²) in [5.41, 5.74) is -2.64. The molecule has 0 saturated heterocycles. The molecule has 144 valence electrons. The highest BCUT2D eigenvalue weighted by atomic mass is 32.2. The molecular weight excluding hydrogens is 394 g/mol. The summed E-state index contributed by atoms with van der Waals surface area (Å²) in [4.78, 5) is 12.4. The van der Waals surface area contributed by atoms with E-state index in [0.29, 0.717) is 28.7 Å². The molecule has 0 bridgehead atoms. The third-order valence-corrected chi connectivity index (χ3v) is 5.03. The number of Topliss-reactive ketones (excluding diaryl/α,β-unsaturated/α-hetero) is 1. The third-order valence-electron chi connectivity index (χ3n) is 3.98. The number of carbonyl (C=O) groups is 1. The van der Waals surface area contributed by atoms with Crippen LogP contribution in [-0.4, -0.2) is 11.5 Å². The van der Waals surface area contributed by atoms with Crippen LogP contribution in [-0.2, 0) is 19.0 Å². The van der Waals surface area contributed by atoms with Crippen LogP contribution in [0.1, 0.15) is 33.5 Å². The number of carbonyl (C=O) groups excluding carboxylic acids is 1. The second-order valence-corrected chi connectivity index (χ2v) is 6.97. The first-order valence-corrected chi connectivity index (χ1v) is 8.74. The van der Waals surface area contributed by atoms with Crippen LogP contribution >= 0.6 is 11.8 Å². The van der Waals surface area contributed by atoms with Crippen molar-refractivity contribution in [3.05, 3.63) is 58.7 Å². The molecule has 1 aliphatic rings. The number of thioether (sulfide) groups is 1. The number of ether oxygens (including phenoxy) is 1. The molecule has 3 rings (SSSR count). The first kappa shape index (κ1) is 19.6. The number of fused-ring (bicyclic) bond motifs is 1. The fourth-order valence-corrected chi connectivity index (χ4v) is 3.68. The van der Waals surface area contributed by atoms with Gasteiger partial charge < -0.3 is 4.74 Å². The van der Waals surface area contributed by atoms with Gasteiger partial charge in [-0.3, -0.25) is 4.79 Å². The molecule has 0 N–H and O–H groups in total. The van der Waals surface area contributed by atoms with E-state index in [2.05, 4.69) is 0 Å². The monoisotopic (exact) mass is 406 g/mol. The Morgan fingerprint density at radius 3 is 2.37 bits per heavy atom. The van der Waals surface area contributed by atoms with Crippen LogP contribution in [0.2, 0.25) is 0 Å². The average molecular weight is 406 g/mol. The summed E-state index contributed by atoms with van der Waals surface area (Å²) in [6, 6.07) is 5.99. The van der Waals surface area contributed by atoms with Gasteiger partial charge in [-0.2, -0.15) is 26.3 Å². The number of halogens is 6. The molecule has 0 fully saturated rings. The van der Waals surface area contributed by atoms with Crippen molar-refractivity contribution in [2.75, 3.05) is 5.75 Å². The molecule has 2 nitrogen and oxygen atoms in total. The second-order valence-electron chi connectivity index (χ2n) is 5.84. The molecule has 2 aromatic carbocycles. The minimum atomic E-state index is -4.95. The van der Waals surface area contributed by atoms with Gasteiger partial charge in [-0.05, 0) is 30.3 Å². The van der Waals surface area contributed by atoms with Gasteiger partial charge >= 0.3 is 12.4 Å². The van der Waals surface area contributed by atoms with Crippen LogP contribution in [0, 0.1) is 0 Å². The number of hydrogen-bond donors (Lipinski definition) is 0. The van der Waals surface area contributed by atoms with E-state index in [0.717, 1.165) is 6.07 Å². The second kappa shape index (κ2) is 7.10. The van der Waals surface area contributed by atoms with E-state index in [1.54, 1.807) is 6.07 Å². The van der Waals surface area contributed by atoms with Gasteiger partial charge in [0.25, 0.3) is 0 Å². The largest absolute Gasteiger partial charge is 0.489 e. The fourth-order valence-electron chi connectivity index (χ4n) is 2.63. The summed E-state index contributed by atoms with van der Waals surface area (Å²) in [5.74, 6) is 0.827. The van der Waals surface area contributed by atoms with Gasteiger partial charge in [0, 0.05) is 28.2 Å². The molecule has 0 saturated carbocycles. The summed E-state index contributed by atoms with van der Waals surface area (Å²) < 4.78 is 82.9. The maximum Gasteiger partial charge on any atom is 0.416 e. The Bertz CT molecular complexity index is 873. The summed E-state index contributed by atoms with van der Waals surface area (Å²) in [7, 11) is 0. The van der Waals surface area contributed by atoms with Crippen molar-refractivity contribution in [2.24, 2.45) is 0 Å². The lowest BCUT2D eigenvalue weighted by Crippen LogP contribution is -2.14. The van der Waals surface area contributed by atoms with Gasteiger partial charge in [0.05, 0.1) is 11.1 Å². The molecular formula is C18H12F6O2S. The lowest BCUT2D eigenvalue weighted by Gasteiger charge is -2.18. The Hall–Kier alpha value is -2.16. The molecule has 27 heavy (non-hydrogen) atoms. The maximum absolute atomic E-state index is 13.1. The van der Waals surface area contributed by atoms with Crippen molar-refractivity contribution >= 4 is 17.5 Å². The Morgan fingerprint density at radius 1 is 0.963 bits per heavy atom. The van der Waals surface area contributed by atoms with Crippen molar-refractivity contribution in [3.63, 3.8) is 0 Å². The van der Waals surface area contributed by atoms with Crippen molar-refractivity contribution in [1.29, 1.82) is 0 Å². The van der Waals surface area contributed by atoms with Crippen LogP contribution in [0.25, 0.3) is 0 Å². The van der Waals surface area contributed by atoms with Crippen LogP contribution in [0.5, 0.6) is 5.75 Å². The van der Waals surface area contributed by atoms with Crippen LogP contribution in [0.15, 0.2) is 41.3 Å². The van der Waals surface area contributed by atoms with E-state index in [9.17, 15) is 31.1 Å². The maximum atomic E-state index is 13.1. The molecule has 9 heteroatoms. The molecule has 0 amide bonds. The molecule has 0 atom stereocenters. The van der Waals surface area contributed by atoms with E-state index < -0.39 is 35.6 Å². The lowest BCUT2D eigenvalue weighted by atomic mass is 10.0. The van der Waals surface area contributed by atoms with E-state index in [1.165, 1.54) is 23.9 Å². The molecule has 0 aliphatic carbocycles. The van der Waals surface area contributed by atoms with E-state index in [1.807, 2.05) is 0 Å². The summed E-state index contributed by atoms with van der Waals surface area (Å²) in [6.07, 6.45) is -9.40. The highest BCUT2D eigenvalue weighted by Crippen LogP contribution is 2.38. The van der Waals surface area contributed by atoms with Gasteiger partial charge in [0.2, 0.25) is 0 Å². The Kier molecular flexibility index (Phi) is 5.16. The number of alkyl halides is 6. The average Bonchev–Trinajstić information content (AvgIpc) is 2.58. The number of hydrogen-bond acceptors (Lipinski definition) is 3. The standard InChI is InChI=1S/C18H12F6O2S/c19-17(20,21)11-2-1-10(14(7-11)18(22,23)24)9-26-12-3-4-13-15(25)5-6-27-16(13)8-12/h1-4,7-8H,5-6,9H2. The topological polar surface area (TPSA) is 26.3 Å². The van der Waals surface area contributed by atoms with Crippen LogP contribution < -0.4 is 4.74 Å². The van der Waals surface area contributed by atoms with Crippen molar-refractivity contribution in [2.45, 2.75) is 30.3 Å².